The van der Waals surface area contributed by atoms with E-state index in [0.29, 0.717) is 30.4 Å². The van der Waals surface area contributed by atoms with Crippen molar-refractivity contribution in [1.82, 2.24) is 9.88 Å². The van der Waals surface area contributed by atoms with Gasteiger partial charge in [-0.05, 0) is 41.5 Å². The molecule has 33 heavy (non-hydrogen) atoms. The Morgan fingerprint density at radius 2 is 1.45 bits per heavy atom. The van der Waals surface area contributed by atoms with Crippen molar-refractivity contribution >= 4 is 11.6 Å². The van der Waals surface area contributed by atoms with Crippen LogP contribution in [-0.2, 0) is 0 Å². The molecule has 1 aliphatic rings. The lowest BCUT2D eigenvalue weighted by molar-refractivity contribution is 0.0795. The molecule has 0 saturated heterocycles. The number of carbonyl (C=O) groups excluding carboxylic acids is 1. The van der Waals surface area contributed by atoms with Crippen LogP contribution in [-0.4, -0.2) is 43.0 Å². The number of anilines is 1. The van der Waals surface area contributed by atoms with Gasteiger partial charge in [0.1, 0.15) is 0 Å². The van der Waals surface area contributed by atoms with E-state index in [1.54, 1.807) is 4.90 Å². The summed E-state index contributed by atoms with van der Waals surface area (Å²) in [5.41, 5.74) is 5.18. The van der Waals surface area contributed by atoms with E-state index in [-0.39, 0.29) is 5.91 Å². The van der Waals surface area contributed by atoms with Crippen molar-refractivity contribution in [1.29, 1.82) is 0 Å². The van der Waals surface area contributed by atoms with Crippen LogP contribution < -0.4 is 4.90 Å². The van der Waals surface area contributed by atoms with Gasteiger partial charge in [0.25, 0.3) is 5.91 Å². The molecule has 4 aromatic rings. The first-order valence-corrected chi connectivity index (χ1v) is 11.0. The fourth-order valence-corrected chi connectivity index (χ4v) is 4.02. The third kappa shape index (κ3) is 4.05. The number of oxazole rings is 1. The fourth-order valence-electron chi connectivity index (χ4n) is 4.02. The van der Waals surface area contributed by atoms with E-state index in [1.165, 1.54) is 0 Å². The normalized spacial score (nSPS) is 12.8. The van der Waals surface area contributed by atoms with Crippen molar-refractivity contribution < 1.29 is 9.21 Å². The van der Waals surface area contributed by atoms with Crippen molar-refractivity contribution in [3.8, 4) is 33.9 Å². The van der Waals surface area contributed by atoms with E-state index >= 15 is 0 Å². The first-order valence-electron chi connectivity index (χ1n) is 11.0. The van der Waals surface area contributed by atoms with E-state index in [0.717, 1.165) is 27.9 Å². The van der Waals surface area contributed by atoms with Crippen molar-refractivity contribution in [2.45, 2.75) is 0 Å². The highest BCUT2D eigenvalue weighted by Gasteiger charge is 2.27. The quantitative estimate of drug-likeness (QED) is 0.374. The second-order valence-corrected chi connectivity index (χ2v) is 8.23. The summed E-state index contributed by atoms with van der Waals surface area (Å²) in [4.78, 5) is 21.9. The van der Waals surface area contributed by atoms with Crippen LogP contribution in [0.2, 0.25) is 0 Å². The first kappa shape index (κ1) is 20.8. The molecule has 5 heteroatoms. The van der Waals surface area contributed by atoms with Crippen LogP contribution in [0, 0.1) is 0 Å². The van der Waals surface area contributed by atoms with Crippen molar-refractivity contribution in [3.05, 3.63) is 96.7 Å². The Kier molecular flexibility index (Phi) is 5.53. The van der Waals surface area contributed by atoms with Crippen molar-refractivity contribution in [2.75, 3.05) is 32.1 Å². The van der Waals surface area contributed by atoms with Crippen LogP contribution in [0.25, 0.3) is 33.9 Å². The number of amides is 1. The number of hydrogen-bond donors (Lipinski definition) is 0. The molecule has 0 fully saturated rings. The van der Waals surface area contributed by atoms with Crippen LogP contribution in [0.4, 0.5) is 5.69 Å². The lowest BCUT2D eigenvalue weighted by Gasteiger charge is -2.14. The Hall–Kier alpha value is -4.12. The number of aromatic nitrogens is 1. The maximum absolute atomic E-state index is 13.4. The Balaban J connectivity index is 1.63. The minimum atomic E-state index is -0.126. The molecule has 0 bridgehead atoms. The topological polar surface area (TPSA) is 49.6 Å². The third-order valence-electron chi connectivity index (χ3n) is 5.82. The summed E-state index contributed by atoms with van der Waals surface area (Å²) >= 11 is 0. The van der Waals surface area contributed by atoms with Gasteiger partial charge in [-0.1, -0.05) is 60.7 Å². The van der Waals surface area contributed by atoms with Gasteiger partial charge in [-0.3, -0.25) is 4.79 Å². The molecule has 5 rings (SSSR count). The van der Waals surface area contributed by atoms with Gasteiger partial charge in [0.2, 0.25) is 5.89 Å². The minimum absolute atomic E-state index is 0.126. The predicted molar refractivity (Wildman–Crippen MR) is 132 cm³/mol. The second-order valence-electron chi connectivity index (χ2n) is 8.23. The SMILES string of the molecule is CN(C)c1ccc(-c2oc(-c3ccccc3-c3ccccc3)nc2C(=O)N2CC=CC2)cc1. The largest absolute Gasteiger partial charge is 0.435 e. The molecule has 1 aromatic heterocycles. The van der Waals surface area contributed by atoms with E-state index < -0.39 is 0 Å². The molecule has 1 amide bonds. The van der Waals surface area contributed by atoms with Crippen LogP contribution in [0.1, 0.15) is 10.5 Å². The van der Waals surface area contributed by atoms with Crippen molar-refractivity contribution in [3.63, 3.8) is 0 Å². The van der Waals surface area contributed by atoms with E-state index in [9.17, 15) is 4.79 Å². The third-order valence-corrected chi connectivity index (χ3v) is 5.82. The summed E-state index contributed by atoms with van der Waals surface area (Å²) in [5, 5.41) is 0. The molecule has 5 nitrogen and oxygen atoms in total. The monoisotopic (exact) mass is 435 g/mol. The summed E-state index contributed by atoms with van der Waals surface area (Å²) < 4.78 is 6.34. The Bertz CT molecular complexity index is 1300. The maximum atomic E-state index is 13.4. The summed E-state index contributed by atoms with van der Waals surface area (Å²) in [7, 11) is 3.99. The van der Waals surface area contributed by atoms with Gasteiger partial charge in [0, 0.05) is 44.0 Å². The van der Waals surface area contributed by atoms with Gasteiger partial charge in [-0.25, -0.2) is 4.98 Å². The van der Waals surface area contributed by atoms with Crippen LogP contribution in [0.15, 0.2) is 95.4 Å². The summed E-state index contributed by atoms with van der Waals surface area (Å²) in [6, 6.07) is 26.1. The van der Waals surface area contributed by atoms with Gasteiger partial charge in [0.05, 0.1) is 0 Å². The molecule has 0 aliphatic carbocycles. The summed E-state index contributed by atoms with van der Waals surface area (Å²) in [6.07, 6.45) is 3.99. The number of benzene rings is 3. The van der Waals surface area contributed by atoms with Gasteiger partial charge in [-0.2, -0.15) is 0 Å². The number of hydrogen-bond acceptors (Lipinski definition) is 4. The number of rotatable bonds is 5. The molecule has 0 atom stereocenters. The lowest BCUT2D eigenvalue weighted by Crippen LogP contribution is -2.28. The van der Waals surface area contributed by atoms with Crippen molar-refractivity contribution in [2.24, 2.45) is 0 Å². The Morgan fingerprint density at radius 1 is 0.818 bits per heavy atom. The van der Waals surface area contributed by atoms with Crippen LogP contribution in [0.5, 0.6) is 0 Å². The molecule has 0 saturated carbocycles. The average Bonchev–Trinajstić information content (AvgIpc) is 3.55. The zero-order valence-corrected chi connectivity index (χ0v) is 18.7. The summed E-state index contributed by atoms with van der Waals surface area (Å²) in [6.45, 7) is 1.17. The molecule has 0 N–H and O–H groups in total. The minimum Gasteiger partial charge on any atom is -0.435 e. The van der Waals surface area contributed by atoms with E-state index in [1.807, 2.05) is 97.9 Å². The summed E-state index contributed by atoms with van der Waals surface area (Å²) in [5.74, 6) is 0.811. The Morgan fingerprint density at radius 3 is 2.12 bits per heavy atom. The van der Waals surface area contributed by atoms with Gasteiger partial charge >= 0.3 is 0 Å². The Labute approximate surface area is 193 Å². The fraction of sp³-hybridized carbons (Fsp3) is 0.143. The standard InChI is InChI=1S/C28H25N3O2/c1-30(2)22-16-14-21(15-17-22)26-25(28(32)31-18-8-9-19-31)29-27(33-26)24-13-7-6-12-23(24)20-10-4-3-5-11-20/h3-17H,18-19H2,1-2H3. The molecule has 1 aliphatic heterocycles. The zero-order valence-electron chi connectivity index (χ0n) is 18.7. The highest BCUT2D eigenvalue weighted by atomic mass is 16.4. The number of carbonyl (C=O) groups is 1. The molecule has 0 radical (unpaired) electrons. The zero-order chi connectivity index (χ0) is 22.8. The molecule has 0 unspecified atom stereocenters. The first-order chi connectivity index (χ1) is 16.1. The number of nitrogens with zero attached hydrogens (tertiary/aromatic N) is 3. The van der Waals surface area contributed by atoms with Gasteiger partial charge < -0.3 is 14.2 Å². The highest BCUT2D eigenvalue weighted by molar-refractivity contribution is 5.99. The smallest absolute Gasteiger partial charge is 0.277 e. The molecular formula is C28H25N3O2. The highest BCUT2D eigenvalue weighted by Crippen LogP contribution is 2.36. The molecule has 164 valence electrons. The van der Waals surface area contributed by atoms with Crippen LogP contribution in [0.3, 0.4) is 0 Å². The van der Waals surface area contributed by atoms with Crippen LogP contribution >= 0.6 is 0 Å². The molecular weight excluding hydrogens is 410 g/mol. The molecule has 3 aromatic carbocycles. The second kappa shape index (κ2) is 8.79. The van der Waals surface area contributed by atoms with E-state index in [4.69, 9.17) is 9.40 Å². The average molecular weight is 436 g/mol. The molecule has 0 spiro atoms. The van der Waals surface area contributed by atoms with Gasteiger partial charge in [-0.15, -0.1) is 0 Å². The molecule has 2 heterocycles. The predicted octanol–water partition coefficient (Wildman–Crippen LogP) is 5.75. The lowest BCUT2D eigenvalue weighted by atomic mass is 10.00. The maximum Gasteiger partial charge on any atom is 0.277 e. The van der Waals surface area contributed by atoms with E-state index in [2.05, 4.69) is 12.1 Å². The van der Waals surface area contributed by atoms with Gasteiger partial charge in [0.15, 0.2) is 11.5 Å².